The lowest BCUT2D eigenvalue weighted by Gasteiger charge is -2.18. The quantitative estimate of drug-likeness (QED) is 0.288. The van der Waals surface area contributed by atoms with Crippen LogP contribution in [0.1, 0.15) is 40.1 Å². The van der Waals surface area contributed by atoms with Gasteiger partial charge in [-0.2, -0.15) is 0 Å². The molecule has 0 saturated heterocycles. The summed E-state index contributed by atoms with van der Waals surface area (Å²) in [5.74, 6) is 0.0302. The molecule has 2 amide bonds. The van der Waals surface area contributed by atoms with Gasteiger partial charge in [-0.25, -0.2) is 0 Å². The van der Waals surface area contributed by atoms with E-state index in [-0.39, 0.29) is 24.0 Å². The van der Waals surface area contributed by atoms with Crippen molar-refractivity contribution in [3.05, 3.63) is 102 Å². The van der Waals surface area contributed by atoms with Crippen LogP contribution in [0.3, 0.4) is 0 Å². The van der Waals surface area contributed by atoms with E-state index < -0.39 is 5.91 Å². The molecule has 0 bridgehead atoms. The summed E-state index contributed by atoms with van der Waals surface area (Å²) in [6.45, 7) is 8.70. The van der Waals surface area contributed by atoms with Gasteiger partial charge < -0.3 is 19.7 Å². The second-order valence-electron chi connectivity index (χ2n) is 7.84. The molecule has 1 N–H and O–H groups in total. The Balaban J connectivity index is 1.70. The van der Waals surface area contributed by atoms with Crippen LogP contribution >= 0.6 is 0 Å². The predicted molar refractivity (Wildman–Crippen MR) is 140 cm³/mol. The van der Waals surface area contributed by atoms with Gasteiger partial charge in [0, 0.05) is 36.0 Å². The number of ether oxygens (including phenoxy) is 2. The number of hydrogen-bond donors (Lipinski definition) is 1. The molecule has 0 aliphatic heterocycles. The first-order valence-corrected chi connectivity index (χ1v) is 11.8. The van der Waals surface area contributed by atoms with Gasteiger partial charge in [0.2, 0.25) is 0 Å². The molecular formula is C29H30N2O5. The third kappa shape index (κ3) is 6.82. The number of ketones is 1. The SMILES string of the molecule is C=CCOc1ccc(C(=O)c2ccccc2)c(OCC(=O)Nc2ccc(C(=O)N(CC)CC)cc2)c1. The van der Waals surface area contributed by atoms with Crippen LogP contribution in [-0.2, 0) is 4.79 Å². The zero-order valence-electron chi connectivity index (χ0n) is 20.5. The number of amides is 2. The molecule has 3 aromatic rings. The van der Waals surface area contributed by atoms with E-state index >= 15 is 0 Å². The normalized spacial score (nSPS) is 10.3. The second-order valence-corrected chi connectivity index (χ2v) is 7.84. The van der Waals surface area contributed by atoms with Crippen molar-refractivity contribution in [2.45, 2.75) is 13.8 Å². The molecule has 7 nitrogen and oxygen atoms in total. The van der Waals surface area contributed by atoms with E-state index in [1.165, 1.54) is 0 Å². The van der Waals surface area contributed by atoms with Gasteiger partial charge in [0.25, 0.3) is 11.8 Å². The summed E-state index contributed by atoms with van der Waals surface area (Å²) in [6, 6.07) is 20.4. The maximum Gasteiger partial charge on any atom is 0.262 e. The number of rotatable bonds is 12. The average molecular weight is 487 g/mol. The Labute approximate surface area is 211 Å². The smallest absolute Gasteiger partial charge is 0.262 e. The fourth-order valence-corrected chi connectivity index (χ4v) is 3.53. The Hall–Kier alpha value is -4.39. The zero-order chi connectivity index (χ0) is 25.9. The standard InChI is InChI=1S/C29H30N2O5/c1-4-18-35-24-16-17-25(28(33)21-10-8-7-9-11-21)26(19-24)36-20-27(32)30-23-14-12-22(13-15-23)29(34)31(5-2)6-3/h4,7-17,19H,1,5-6,18,20H2,2-3H3,(H,30,32). The lowest BCUT2D eigenvalue weighted by molar-refractivity contribution is -0.118. The fourth-order valence-electron chi connectivity index (χ4n) is 3.53. The van der Waals surface area contributed by atoms with Crippen LogP contribution in [-0.4, -0.2) is 48.8 Å². The first-order valence-electron chi connectivity index (χ1n) is 11.8. The van der Waals surface area contributed by atoms with Crippen LogP contribution < -0.4 is 14.8 Å². The highest BCUT2D eigenvalue weighted by Gasteiger charge is 2.17. The molecule has 0 unspecified atom stereocenters. The second kappa shape index (κ2) is 12.9. The van der Waals surface area contributed by atoms with E-state index in [9.17, 15) is 14.4 Å². The average Bonchev–Trinajstić information content (AvgIpc) is 2.92. The van der Waals surface area contributed by atoms with Crippen molar-refractivity contribution in [1.82, 2.24) is 4.90 Å². The maximum atomic E-state index is 13.0. The van der Waals surface area contributed by atoms with Crippen LogP contribution in [0.2, 0.25) is 0 Å². The summed E-state index contributed by atoms with van der Waals surface area (Å²) >= 11 is 0. The molecule has 3 aromatic carbocycles. The third-order valence-electron chi connectivity index (χ3n) is 5.43. The Bertz CT molecular complexity index is 1200. The number of carbonyl (C=O) groups is 3. The Morgan fingerprint density at radius 1 is 0.889 bits per heavy atom. The van der Waals surface area contributed by atoms with Crippen molar-refractivity contribution >= 4 is 23.3 Å². The third-order valence-corrected chi connectivity index (χ3v) is 5.43. The first-order chi connectivity index (χ1) is 17.5. The van der Waals surface area contributed by atoms with E-state index in [1.807, 2.05) is 19.9 Å². The van der Waals surface area contributed by atoms with Gasteiger partial charge in [0.1, 0.15) is 18.1 Å². The first kappa shape index (κ1) is 26.2. The molecule has 186 valence electrons. The van der Waals surface area contributed by atoms with Gasteiger partial charge in [-0.3, -0.25) is 14.4 Å². The molecule has 0 fully saturated rings. The van der Waals surface area contributed by atoms with Gasteiger partial charge >= 0.3 is 0 Å². The molecule has 0 saturated carbocycles. The molecule has 0 aliphatic rings. The lowest BCUT2D eigenvalue weighted by atomic mass is 10.0. The van der Waals surface area contributed by atoms with Crippen LogP contribution in [0.4, 0.5) is 5.69 Å². The van der Waals surface area contributed by atoms with E-state index in [0.717, 1.165) is 0 Å². The summed E-state index contributed by atoms with van der Waals surface area (Å²) in [5.41, 5.74) is 1.90. The Morgan fingerprint density at radius 2 is 1.58 bits per heavy atom. The molecule has 36 heavy (non-hydrogen) atoms. The number of anilines is 1. The minimum absolute atomic E-state index is 0.0598. The van der Waals surface area contributed by atoms with E-state index in [1.54, 1.807) is 77.7 Å². The van der Waals surface area contributed by atoms with Gasteiger partial charge in [0.15, 0.2) is 12.4 Å². The highest BCUT2D eigenvalue weighted by molar-refractivity contribution is 6.10. The highest BCUT2D eigenvalue weighted by Crippen LogP contribution is 2.27. The Morgan fingerprint density at radius 3 is 2.22 bits per heavy atom. The van der Waals surface area contributed by atoms with E-state index in [2.05, 4.69) is 11.9 Å². The number of nitrogens with one attached hydrogen (secondary N) is 1. The van der Waals surface area contributed by atoms with Crippen molar-refractivity contribution in [1.29, 1.82) is 0 Å². The number of nitrogens with zero attached hydrogens (tertiary/aromatic N) is 1. The Kier molecular flexibility index (Phi) is 9.40. The van der Waals surface area contributed by atoms with Gasteiger partial charge in [-0.1, -0.05) is 43.0 Å². The van der Waals surface area contributed by atoms with Gasteiger partial charge in [-0.15, -0.1) is 0 Å². The highest BCUT2D eigenvalue weighted by atomic mass is 16.5. The molecule has 0 heterocycles. The van der Waals surface area contributed by atoms with Crippen molar-refractivity contribution in [3.8, 4) is 11.5 Å². The predicted octanol–water partition coefficient (Wildman–Crippen LogP) is 4.98. The molecule has 0 spiro atoms. The van der Waals surface area contributed by atoms with E-state index in [4.69, 9.17) is 9.47 Å². The monoisotopic (exact) mass is 486 g/mol. The minimum atomic E-state index is -0.409. The maximum absolute atomic E-state index is 13.0. The molecule has 7 heteroatoms. The van der Waals surface area contributed by atoms with Crippen LogP contribution in [0.5, 0.6) is 11.5 Å². The van der Waals surface area contributed by atoms with Crippen LogP contribution in [0, 0.1) is 0 Å². The van der Waals surface area contributed by atoms with Crippen LogP contribution in [0.25, 0.3) is 0 Å². The van der Waals surface area contributed by atoms with Crippen molar-refractivity contribution in [3.63, 3.8) is 0 Å². The number of hydrogen-bond acceptors (Lipinski definition) is 5. The summed E-state index contributed by atoms with van der Waals surface area (Å²) < 4.78 is 11.3. The van der Waals surface area contributed by atoms with E-state index in [0.29, 0.717) is 47.8 Å². The number of carbonyl (C=O) groups excluding carboxylic acids is 3. The lowest BCUT2D eigenvalue weighted by Crippen LogP contribution is -2.30. The summed E-state index contributed by atoms with van der Waals surface area (Å²) in [5, 5.41) is 2.75. The fraction of sp³-hybridized carbons (Fsp3) is 0.207. The molecule has 0 radical (unpaired) electrons. The largest absolute Gasteiger partial charge is 0.489 e. The van der Waals surface area contributed by atoms with Crippen molar-refractivity contribution < 1.29 is 23.9 Å². The van der Waals surface area contributed by atoms with Gasteiger partial charge in [0.05, 0.1) is 5.56 Å². The molecule has 3 rings (SSSR count). The molecule has 0 atom stereocenters. The molecular weight excluding hydrogens is 456 g/mol. The van der Waals surface area contributed by atoms with Gasteiger partial charge in [-0.05, 0) is 50.2 Å². The van der Waals surface area contributed by atoms with Crippen molar-refractivity contribution in [2.75, 3.05) is 31.6 Å². The summed E-state index contributed by atoms with van der Waals surface area (Å²) in [6.07, 6.45) is 1.61. The summed E-state index contributed by atoms with van der Waals surface area (Å²) in [7, 11) is 0. The molecule has 0 aliphatic carbocycles. The summed E-state index contributed by atoms with van der Waals surface area (Å²) in [4.78, 5) is 39.8. The van der Waals surface area contributed by atoms with Crippen LogP contribution in [0.15, 0.2) is 85.5 Å². The zero-order valence-corrected chi connectivity index (χ0v) is 20.5. The minimum Gasteiger partial charge on any atom is -0.489 e. The van der Waals surface area contributed by atoms with Crippen molar-refractivity contribution in [2.24, 2.45) is 0 Å². The topological polar surface area (TPSA) is 84.9 Å². The number of benzene rings is 3. The molecule has 0 aromatic heterocycles.